The largest absolute Gasteiger partial charge is 0.493 e. The Labute approximate surface area is 156 Å². The van der Waals surface area contributed by atoms with Gasteiger partial charge in [0.25, 0.3) is 5.91 Å². The van der Waals surface area contributed by atoms with E-state index in [9.17, 15) is 4.79 Å². The van der Waals surface area contributed by atoms with E-state index in [4.69, 9.17) is 18.9 Å². The highest BCUT2D eigenvalue weighted by Gasteiger charge is 2.16. The van der Waals surface area contributed by atoms with Crippen LogP contribution in [0.5, 0.6) is 23.1 Å². The number of nitrogens with one attached hydrogen (secondary N) is 1. The number of aromatic nitrogens is 2. The molecule has 1 amide bonds. The summed E-state index contributed by atoms with van der Waals surface area (Å²) in [5.74, 6) is 1.73. The zero-order valence-electron chi connectivity index (χ0n) is 15.8. The molecule has 0 atom stereocenters. The third-order valence-corrected chi connectivity index (χ3v) is 4.16. The standard InChI is InChI=1S/C19H21N3O5/c1-22-19(27-5)13-7-6-11(8-14(13)21-22)18(23)20-12-9-15(24-2)17(26-4)16(10-12)25-3/h6-10H,1-5H3,(H,20,23). The molecule has 27 heavy (non-hydrogen) atoms. The first-order valence-corrected chi connectivity index (χ1v) is 8.14. The SMILES string of the molecule is COc1cc(NC(=O)c2ccc3c(OC)n(C)nc3c2)cc(OC)c1OC. The van der Waals surface area contributed by atoms with Crippen molar-refractivity contribution in [1.82, 2.24) is 9.78 Å². The second-order valence-electron chi connectivity index (χ2n) is 5.73. The van der Waals surface area contributed by atoms with Crippen LogP contribution in [0.15, 0.2) is 30.3 Å². The van der Waals surface area contributed by atoms with Gasteiger partial charge in [-0.05, 0) is 18.2 Å². The molecule has 3 rings (SSSR count). The minimum absolute atomic E-state index is 0.282. The van der Waals surface area contributed by atoms with Gasteiger partial charge in [0.2, 0.25) is 11.6 Å². The maximum atomic E-state index is 12.7. The second kappa shape index (κ2) is 7.45. The van der Waals surface area contributed by atoms with E-state index in [1.807, 2.05) is 6.07 Å². The monoisotopic (exact) mass is 371 g/mol. The minimum Gasteiger partial charge on any atom is -0.493 e. The lowest BCUT2D eigenvalue weighted by atomic mass is 10.1. The molecule has 0 bridgehead atoms. The molecule has 1 heterocycles. The van der Waals surface area contributed by atoms with Crippen LogP contribution in [-0.4, -0.2) is 44.1 Å². The molecule has 1 aromatic heterocycles. The lowest BCUT2D eigenvalue weighted by molar-refractivity contribution is 0.102. The van der Waals surface area contributed by atoms with Crippen molar-refractivity contribution in [2.45, 2.75) is 0 Å². The number of nitrogens with zero attached hydrogens (tertiary/aromatic N) is 2. The molecule has 8 heteroatoms. The van der Waals surface area contributed by atoms with E-state index in [1.54, 1.807) is 43.1 Å². The van der Waals surface area contributed by atoms with Crippen LogP contribution in [0.3, 0.4) is 0 Å². The van der Waals surface area contributed by atoms with Crippen molar-refractivity contribution >= 4 is 22.5 Å². The Kier molecular flexibility index (Phi) is 5.07. The van der Waals surface area contributed by atoms with Gasteiger partial charge in [-0.3, -0.25) is 4.79 Å². The number of aryl methyl sites for hydroxylation is 1. The van der Waals surface area contributed by atoms with Crippen LogP contribution >= 0.6 is 0 Å². The van der Waals surface area contributed by atoms with Gasteiger partial charge in [0.15, 0.2) is 11.5 Å². The predicted octanol–water partition coefficient (Wildman–Crippen LogP) is 2.86. The number of fused-ring (bicyclic) bond motifs is 1. The van der Waals surface area contributed by atoms with Crippen molar-refractivity contribution in [3.05, 3.63) is 35.9 Å². The van der Waals surface area contributed by atoms with E-state index in [2.05, 4.69) is 10.4 Å². The quantitative estimate of drug-likeness (QED) is 0.717. The zero-order chi connectivity index (χ0) is 19.6. The highest BCUT2D eigenvalue weighted by Crippen LogP contribution is 2.40. The third-order valence-electron chi connectivity index (χ3n) is 4.16. The van der Waals surface area contributed by atoms with E-state index in [0.717, 1.165) is 5.39 Å². The van der Waals surface area contributed by atoms with Gasteiger partial charge in [-0.25, -0.2) is 4.68 Å². The van der Waals surface area contributed by atoms with Crippen LogP contribution in [-0.2, 0) is 7.05 Å². The van der Waals surface area contributed by atoms with E-state index in [-0.39, 0.29) is 5.91 Å². The first kappa shape index (κ1) is 18.4. The van der Waals surface area contributed by atoms with Crippen molar-refractivity contribution in [2.75, 3.05) is 33.8 Å². The van der Waals surface area contributed by atoms with Crippen molar-refractivity contribution in [1.29, 1.82) is 0 Å². The van der Waals surface area contributed by atoms with Gasteiger partial charge in [-0.2, -0.15) is 5.10 Å². The summed E-state index contributed by atoms with van der Waals surface area (Å²) in [6.07, 6.45) is 0. The van der Waals surface area contributed by atoms with E-state index in [1.165, 1.54) is 21.3 Å². The van der Waals surface area contributed by atoms with Crippen molar-refractivity contribution in [3.63, 3.8) is 0 Å². The van der Waals surface area contributed by atoms with Crippen LogP contribution in [0.2, 0.25) is 0 Å². The van der Waals surface area contributed by atoms with E-state index < -0.39 is 0 Å². The second-order valence-corrected chi connectivity index (χ2v) is 5.73. The number of methoxy groups -OCH3 is 4. The van der Waals surface area contributed by atoms with Crippen LogP contribution in [0.1, 0.15) is 10.4 Å². The fourth-order valence-electron chi connectivity index (χ4n) is 2.92. The molecule has 1 N–H and O–H groups in total. The Morgan fingerprint density at radius 2 is 1.63 bits per heavy atom. The van der Waals surface area contributed by atoms with Crippen LogP contribution in [0.25, 0.3) is 10.9 Å². The van der Waals surface area contributed by atoms with Crippen LogP contribution in [0.4, 0.5) is 5.69 Å². The molecule has 0 fully saturated rings. The molecule has 142 valence electrons. The van der Waals surface area contributed by atoms with Gasteiger partial charge in [0.1, 0.15) is 0 Å². The van der Waals surface area contributed by atoms with Crippen molar-refractivity contribution < 1.29 is 23.7 Å². The summed E-state index contributed by atoms with van der Waals surface area (Å²) in [7, 11) is 7.93. The molecule has 0 aliphatic carbocycles. The number of hydrogen-bond acceptors (Lipinski definition) is 6. The smallest absolute Gasteiger partial charge is 0.255 e. The van der Waals surface area contributed by atoms with Gasteiger partial charge in [-0.15, -0.1) is 0 Å². The predicted molar refractivity (Wildman–Crippen MR) is 101 cm³/mol. The number of amides is 1. The molecular formula is C19H21N3O5. The van der Waals surface area contributed by atoms with Crippen molar-refractivity contribution in [2.24, 2.45) is 7.05 Å². The Bertz CT molecular complexity index is 971. The molecule has 0 saturated heterocycles. The van der Waals surface area contributed by atoms with Gasteiger partial charge in [0.05, 0.1) is 39.3 Å². The van der Waals surface area contributed by atoms with Crippen LogP contribution < -0.4 is 24.3 Å². The zero-order valence-corrected chi connectivity index (χ0v) is 15.8. The fraction of sp³-hybridized carbons (Fsp3) is 0.263. The maximum absolute atomic E-state index is 12.7. The van der Waals surface area contributed by atoms with Crippen LogP contribution in [0, 0.1) is 0 Å². The van der Waals surface area contributed by atoms with E-state index in [0.29, 0.717) is 39.9 Å². The molecule has 0 aliphatic heterocycles. The molecule has 8 nitrogen and oxygen atoms in total. The van der Waals surface area contributed by atoms with Gasteiger partial charge in [-0.1, -0.05) is 0 Å². The molecule has 0 spiro atoms. The highest BCUT2D eigenvalue weighted by molar-refractivity contribution is 6.06. The number of hydrogen-bond donors (Lipinski definition) is 1. The fourth-order valence-corrected chi connectivity index (χ4v) is 2.92. The lowest BCUT2D eigenvalue weighted by Crippen LogP contribution is -2.12. The van der Waals surface area contributed by atoms with Gasteiger partial charge >= 0.3 is 0 Å². The number of anilines is 1. The Hall–Kier alpha value is -3.42. The number of benzene rings is 2. The van der Waals surface area contributed by atoms with Crippen molar-refractivity contribution in [3.8, 4) is 23.1 Å². The Morgan fingerprint density at radius 1 is 0.963 bits per heavy atom. The number of ether oxygens (including phenoxy) is 4. The molecule has 0 aliphatic rings. The molecule has 0 radical (unpaired) electrons. The molecule has 0 unspecified atom stereocenters. The Balaban J connectivity index is 1.92. The normalized spacial score (nSPS) is 10.6. The summed E-state index contributed by atoms with van der Waals surface area (Å²) >= 11 is 0. The summed E-state index contributed by atoms with van der Waals surface area (Å²) in [6, 6.07) is 8.58. The van der Waals surface area contributed by atoms with Gasteiger partial charge < -0.3 is 24.3 Å². The summed E-state index contributed by atoms with van der Waals surface area (Å²) < 4.78 is 22.9. The first-order chi connectivity index (χ1) is 13.0. The summed E-state index contributed by atoms with van der Waals surface area (Å²) in [6.45, 7) is 0. The number of rotatable bonds is 6. The molecular weight excluding hydrogens is 350 g/mol. The van der Waals surface area contributed by atoms with E-state index >= 15 is 0 Å². The first-order valence-electron chi connectivity index (χ1n) is 8.14. The summed E-state index contributed by atoms with van der Waals surface area (Å²) in [5, 5.41) is 8.04. The number of carbonyl (C=O) groups is 1. The average molecular weight is 371 g/mol. The summed E-state index contributed by atoms with van der Waals surface area (Å²) in [5.41, 5.74) is 1.66. The van der Waals surface area contributed by atoms with Gasteiger partial charge in [0, 0.05) is 30.4 Å². The number of carbonyl (C=O) groups excluding carboxylic acids is 1. The lowest BCUT2D eigenvalue weighted by Gasteiger charge is -2.14. The third kappa shape index (κ3) is 3.33. The molecule has 2 aromatic carbocycles. The summed E-state index contributed by atoms with van der Waals surface area (Å²) in [4.78, 5) is 12.7. The highest BCUT2D eigenvalue weighted by atomic mass is 16.5. The molecule has 3 aromatic rings. The molecule has 0 saturated carbocycles. The Morgan fingerprint density at radius 3 is 2.19 bits per heavy atom. The average Bonchev–Trinajstić information content (AvgIpc) is 3.00. The minimum atomic E-state index is -0.282. The maximum Gasteiger partial charge on any atom is 0.255 e. The topological polar surface area (TPSA) is 83.8 Å².